The number of aryl methyl sites for hydroxylation is 2. The highest BCUT2D eigenvalue weighted by Gasteiger charge is 2.13. The number of hydrazone groups is 1. The van der Waals surface area contributed by atoms with Gasteiger partial charge in [0.25, 0.3) is 0 Å². The Labute approximate surface area is 147 Å². The van der Waals surface area contributed by atoms with Gasteiger partial charge >= 0.3 is 0 Å². The standard InChI is InChI=1S/C20H22N2O3/c1-13-4-5-16(10-14(13)2)11-20(23)22-21-15(3)17-6-7-18-19(12-17)25-9-8-24-18/h4-7,10,12H,8-9,11H2,1-3H3,(H,22,23)/b21-15-. The van der Waals surface area contributed by atoms with Gasteiger partial charge in [-0.3, -0.25) is 4.79 Å². The summed E-state index contributed by atoms with van der Waals surface area (Å²) in [5.74, 6) is 1.31. The third-order valence-electron chi connectivity index (χ3n) is 4.24. The molecule has 1 N–H and O–H groups in total. The van der Waals surface area contributed by atoms with Gasteiger partial charge in [-0.1, -0.05) is 18.2 Å². The van der Waals surface area contributed by atoms with Crippen LogP contribution in [0.4, 0.5) is 0 Å². The number of hydrogen-bond donors (Lipinski definition) is 1. The number of carbonyl (C=O) groups is 1. The lowest BCUT2D eigenvalue weighted by Crippen LogP contribution is -2.21. The molecule has 0 unspecified atom stereocenters. The van der Waals surface area contributed by atoms with E-state index in [4.69, 9.17) is 9.47 Å². The van der Waals surface area contributed by atoms with E-state index in [-0.39, 0.29) is 5.91 Å². The van der Waals surface area contributed by atoms with E-state index < -0.39 is 0 Å². The predicted molar refractivity (Wildman–Crippen MR) is 97.4 cm³/mol. The zero-order valence-corrected chi connectivity index (χ0v) is 14.8. The Morgan fingerprint density at radius 3 is 2.56 bits per heavy atom. The summed E-state index contributed by atoms with van der Waals surface area (Å²) >= 11 is 0. The molecule has 0 saturated heterocycles. The minimum atomic E-state index is -0.139. The summed E-state index contributed by atoms with van der Waals surface area (Å²) in [4.78, 5) is 12.1. The SMILES string of the molecule is C/C(=N/NC(=O)Cc1ccc(C)c(C)c1)c1ccc2c(c1)OCCO2. The molecule has 2 aromatic carbocycles. The topological polar surface area (TPSA) is 59.9 Å². The van der Waals surface area contributed by atoms with Gasteiger partial charge < -0.3 is 9.47 Å². The second kappa shape index (κ2) is 7.38. The largest absolute Gasteiger partial charge is 0.486 e. The van der Waals surface area contributed by atoms with Crippen molar-refractivity contribution >= 4 is 11.6 Å². The number of benzene rings is 2. The lowest BCUT2D eigenvalue weighted by atomic mass is 10.0. The molecular formula is C20H22N2O3. The number of carbonyl (C=O) groups excluding carboxylic acids is 1. The molecule has 3 rings (SSSR count). The smallest absolute Gasteiger partial charge is 0.244 e. The van der Waals surface area contributed by atoms with Crippen LogP contribution in [0.2, 0.25) is 0 Å². The molecule has 1 heterocycles. The molecule has 1 aliphatic rings. The summed E-state index contributed by atoms with van der Waals surface area (Å²) in [5.41, 5.74) is 7.60. The molecule has 25 heavy (non-hydrogen) atoms. The number of nitrogens with one attached hydrogen (secondary N) is 1. The van der Waals surface area contributed by atoms with Crippen LogP contribution in [0, 0.1) is 13.8 Å². The highest BCUT2D eigenvalue weighted by Crippen LogP contribution is 2.30. The Bertz CT molecular complexity index is 828. The van der Waals surface area contributed by atoms with Crippen molar-refractivity contribution in [3.8, 4) is 11.5 Å². The van der Waals surface area contributed by atoms with Crippen molar-refractivity contribution in [3.63, 3.8) is 0 Å². The first-order valence-electron chi connectivity index (χ1n) is 8.32. The molecule has 1 amide bonds. The number of nitrogens with zero attached hydrogens (tertiary/aromatic N) is 1. The third kappa shape index (κ3) is 4.18. The molecule has 130 valence electrons. The predicted octanol–water partition coefficient (Wildman–Crippen LogP) is 3.16. The van der Waals surface area contributed by atoms with Crippen LogP contribution in [0.1, 0.15) is 29.2 Å². The fourth-order valence-electron chi connectivity index (χ4n) is 2.62. The highest BCUT2D eigenvalue weighted by atomic mass is 16.6. The number of fused-ring (bicyclic) bond motifs is 1. The van der Waals surface area contributed by atoms with Gasteiger partial charge in [-0.2, -0.15) is 5.10 Å². The molecule has 0 radical (unpaired) electrons. The molecule has 0 aromatic heterocycles. The van der Waals surface area contributed by atoms with E-state index in [1.807, 2.05) is 50.2 Å². The lowest BCUT2D eigenvalue weighted by Gasteiger charge is -2.18. The van der Waals surface area contributed by atoms with Gasteiger partial charge in [0.05, 0.1) is 12.1 Å². The first kappa shape index (κ1) is 17.0. The normalized spacial score (nSPS) is 13.5. The van der Waals surface area contributed by atoms with Crippen molar-refractivity contribution in [2.75, 3.05) is 13.2 Å². The number of ether oxygens (including phenoxy) is 2. The number of rotatable bonds is 4. The van der Waals surface area contributed by atoms with Gasteiger partial charge in [0, 0.05) is 5.56 Å². The van der Waals surface area contributed by atoms with Gasteiger partial charge in [0.2, 0.25) is 5.91 Å². The Morgan fingerprint density at radius 2 is 1.80 bits per heavy atom. The fourth-order valence-corrected chi connectivity index (χ4v) is 2.62. The van der Waals surface area contributed by atoms with Crippen molar-refractivity contribution in [2.24, 2.45) is 5.10 Å². The molecule has 2 aromatic rings. The Hall–Kier alpha value is -2.82. The zero-order chi connectivity index (χ0) is 17.8. The lowest BCUT2D eigenvalue weighted by molar-refractivity contribution is -0.120. The van der Waals surface area contributed by atoms with Crippen molar-refractivity contribution < 1.29 is 14.3 Å². The quantitative estimate of drug-likeness (QED) is 0.688. The molecule has 5 nitrogen and oxygen atoms in total. The summed E-state index contributed by atoms with van der Waals surface area (Å²) in [6.45, 7) is 7.05. The second-order valence-corrected chi connectivity index (χ2v) is 6.19. The minimum absolute atomic E-state index is 0.139. The summed E-state index contributed by atoms with van der Waals surface area (Å²) < 4.78 is 11.1. The molecule has 0 spiro atoms. The Morgan fingerprint density at radius 1 is 1.04 bits per heavy atom. The van der Waals surface area contributed by atoms with E-state index >= 15 is 0 Å². The van der Waals surface area contributed by atoms with Gasteiger partial charge in [-0.15, -0.1) is 0 Å². The van der Waals surface area contributed by atoms with E-state index in [1.54, 1.807) is 0 Å². The van der Waals surface area contributed by atoms with Crippen molar-refractivity contribution in [1.29, 1.82) is 0 Å². The van der Waals surface area contributed by atoms with Crippen molar-refractivity contribution in [3.05, 3.63) is 58.7 Å². The Balaban J connectivity index is 1.64. The summed E-state index contributed by atoms with van der Waals surface area (Å²) in [6, 6.07) is 11.7. The van der Waals surface area contributed by atoms with Crippen molar-refractivity contribution in [2.45, 2.75) is 27.2 Å². The molecule has 1 aliphatic heterocycles. The molecule has 0 aliphatic carbocycles. The van der Waals surface area contributed by atoms with E-state index in [0.717, 1.165) is 16.9 Å². The molecule has 0 bridgehead atoms. The minimum Gasteiger partial charge on any atom is -0.486 e. The van der Waals surface area contributed by atoms with Crippen LogP contribution in [0.5, 0.6) is 11.5 Å². The molecular weight excluding hydrogens is 316 g/mol. The fraction of sp³-hybridized carbons (Fsp3) is 0.300. The van der Waals surface area contributed by atoms with E-state index in [9.17, 15) is 4.79 Å². The monoisotopic (exact) mass is 338 g/mol. The van der Waals surface area contributed by atoms with Gasteiger partial charge in [0.15, 0.2) is 11.5 Å². The Kier molecular flexibility index (Phi) is 5.03. The van der Waals surface area contributed by atoms with Gasteiger partial charge in [0.1, 0.15) is 13.2 Å². The number of hydrogen-bond acceptors (Lipinski definition) is 4. The van der Waals surface area contributed by atoms with Crippen molar-refractivity contribution in [1.82, 2.24) is 5.43 Å². The van der Waals surface area contributed by atoms with Crippen LogP contribution in [0.15, 0.2) is 41.5 Å². The van der Waals surface area contributed by atoms with Crippen LogP contribution in [-0.2, 0) is 11.2 Å². The number of amides is 1. The first-order valence-corrected chi connectivity index (χ1v) is 8.32. The summed E-state index contributed by atoms with van der Waals surface area (Å²) in [7, 11) is 0. The second-order valence-electron chi connectivity index (χ2n) is 6.19. The van der Waals surface area contributed by atoms with E-state index in [1.165, 1.54) is 11.1 Å². The molecule has 0 fully saturated rings. The van der Waals surface area contributed by atoms with Gasteiger partial charge in [-0.05, 0) is 55.7 Å². The maximum Gasteiger partial charge on any atom is 0.244 e. The summed E-state index contributed by atoms with van der Waals surface area (Å²) in [6.07, 6.45) is 0.305. The molecule has 0 saturated carbocycles. The summed E-state index contributed by atoms with van der Waals surface area (Å²) in [5, 5.41) is 4.20. The first-order chi connectivity index (χ1) is 12.0. The third-order valence-corrected chi connectivity index (χ3v) is 4.24. The molecule has 0 atom stereocenters. The molecule has 5 heteroatoms. The zero-order valence-electron chi connectivity index (χ0n) is 14.8. The maximum absolute atomic E-state index is 12.1. The average molecular weight is 338 g/mol. The van der Waals surface area contributed by atoms with Gasteiger partial charge in [-0.25, -0.2) is 5.43 Å². The van der Waals surface area contributed by atoms with Crippen LogP contribution >= 0.6 is 0 Å². The average Bonchev–Trinajstić information content (AvgIpc) is 2.62. The van der Waals surface area contributed by atoms with Crippen LogP contribution in [0.25, 0.3) is 0 Å². The van der Waals surface area contributed by atoms with Crippen LogP contribution in [-0.4, -0.2) is 24.8 Å². The van der Waals surface area contributed by atoms with Crippen LogP contribution < -0.4 is 14.9 Å². The van der Waals surface area contributed by atoms with Crippen LogP contribution in [0.3, 0.4) is 0 Å². The van der Waals surface area contributed by atoms with E-state index in [0.29, 0.717) is 31.1 Å². The highest BCUT2D eigenvalue weighted by molar-refractivity contribution is 5.99. The van der Waals surface area contributed by atoms with E-state index in [2.05, 4.69) is 17.5 Å². The maximum atomic E-state index is 12.1.